The largest absolute Gasteiger partial charge is 0.496 e. The molecule has 1 heterocycles. The first-order valence-corrected chi connectivity index (χ1v) is 8.26. The molecule has 2 N–H and O–H groups in total. The van der Waals surface area contributed by atoms with Crippen molar-refractivity contribution in [2.75, 3.05) is 27.3 Å². The molecule has 1 aromatic carbocycles. The maximum absolute atomic E-state index is 12.9. The van der Waals surface area contributed by atoms with Gasteiger partial charge in [0.15, 0.2) is 5.78 Å². The van der Waals surface area contributed by atoms with E-state index in [9.17, 15) is 14.4 Å². The van der Waals surface area contributed by atoms with Crippen LogP contribution in [0.1, 0.15) is 33.6 Å². The van der Waals surface area contributed by atoms with Gasteiger partial charge in [-0.3, -0.25) is 9.59 Å². The van der Waals surface area contributed by atoms with E-state index in [1.165, 1.54) is 25.2 Å². The summed E-state index contributed by atoms with van der Waals surface area (Å²) < 4.78 is 10.5. The van der Waals surface area contributed by atoms with Crippen molar-refractivity contribution in [1.82, 2.24) is 10.2 Å². The van der Waals surface area contributed by atoms with Crippen molar-refractivity contribution in [3.05, 3.63) is 35.0 Å². The third-order valence-electron chi connectivity index (χ3n) is 4.69. The maximum atomic E-state index is 12.9. The minimum atomic E-state index is -0.947. The summed E-state index contributed by atoms with van der Waals surface area (Å²) in [5.41, 5.74) is 0.579. The highest BCUT2D eigenvalue weighted by Gasteiger charge is 2.33. The summed E-state index contributed by atoms with van der Waals surface area (Å²) in [6, 6.07) is 3.11. The number of allylic oxidation sites excluding steroid dienone is 2. The van der Waals surface area contributed by atoms with Crippen LogP contribution in [-0.2, 0) is 0 Å². The van der Waals surface area contributed by atoms with Crippen molar-refractivity contribution in [3.8, 4) is 11.5 Å². The van der Waals surface area contributed by atoms with Gasteiger partial charge in [-0.15, -0.1) is 0 Å². The van der Waals surface area contributed by atoms with Crippen LogP contribution in [0, 0.1) is 0 Å². The van der Waals surface area contributed by atoms with Gasteiger partial charge in [0, 0.05) is 25.2 Å². The van der Waals surface area contributed by atoms with E-state index >= 15 is 0 Å². The van der Waals surface area contributed by atoms with Gasteiger partial charge < -0.3 is 24.8 Å². The number of carbonyl (C=O) groups is 3. The van der Waals surface area contributed by atoms with E-state index in [1.54, 1.807) is 12.1 Å². The number of piperidine rings is 1. The Kier molecular flexibility index (Phi) is 4.83. The Hall–Kier alpha value is -3.03. The summed E-state index contributed by atoms with van der Waals surface area (Å²) in [7, 11) is 2.88. The zero-order valence-corrected chi connectivity index (χ0v) is 14.6. The number of methoxy groups -OCH3 is 2. The molecule has 1 aliphatic carbocycles. The van der Waals surface area contributed by atoms with E-state index in [0.29, 0.717) is 37.4 Å². The number of Topliss-reactive ketones (excluding diaryl/α,β-unsaturated/α-hetero) is 1. The van der Waals surface area contributed by atoms with E-state index in [1.807, 2.05) is 0 Å². The minimum Gasteiger partial charge on any atom is -0.496 e. The second kappa shape index (κ2) is 7.07. The van der Waals surface area contributed by atoms with Crippen molar-refractivity contribution in [2.24, 2.45) is 0 Å². The first-order chi connectivity index (χ1) is 12.5. The Morgan fingerprint density at radius 1 is 1.12 bits per heavy atom. The molecule has 1 amide bonds. The predicted octanol–water partition coefficient (Wildman–Crippen LogP) is 1.70. The first kappa shape index (κ1) is 17.8. The van der Waals surface area contributed by atoms with E-state index in [4.69, 9.17) is 14.6 Å². The van der Waals surface area contributed by atoms with Gasteiger partial charge in [-0.2, -0.15) is 0 Å². The predicted molar refractivity (Wildman–Crippen MR) is 92.0 cm³/mol. The van der Waals surface area contributed by atoms with Crippen molar-refractivity contribution in [2.45, 2.75) is 18.9 Å². The normalized spacial score (nSPS) is 17.5. The summed E-state index contributed by atoms with van der Waals surface area (Å²) >= 11 is 0. The Balaban J connectivity index is 1.84. The number of rotatable bonds is 4. The molecule has 8 heteroatoms. The van der Waals surface area contributed by atoms with Crippen LogP contribution in [0.3, 0.4) is 0 Å². The van der Waals surface area contributed by atoms with Gasteiger partial charge in [0.1, 0.15) is 11.5 Å². The zero-order valence-electron chi connectivity index (χ0n) is 14.6. The van der Waals surface area contributed by atoms with Crippen LogP contribution in [0.15, 0.2) is 23.9 Å². The molecule has 0 saturated carbocycles. The Labute approximate surface area is 150 Å². The van der Waals surface area contributed by atoms with Gasteiger partial charge in [0.2, 0.25) is 5.78 Å². The van der Waals surface area contributed by atoms with Gasteiger partial charge in [-0.1, -0.05) is 0 Å². The number of hydrogen-bond acceptors (Lipinski definition) is 6. The van der Waals surface area contributed by atoms with Crippen LogP contribution in [-0.4, -0.2) is 61.0 Å². The molecular weight excluding hydrogens is 340 g/mol. The van der Waals surface area contributed by atoms with E-state index in [-0.39, 0.29) is 34.4 Å². The fourth-order valence-electron chi connectivity index (χ4n) is 3.32. The number of amides is 1. The van der Waals surface area contributed by atoms with Crippen LogP contribution in [0.25, 0.3) is 0 Å². The molecule has 0 aromatic heterocycles. The van der Waals surface area contributed by atoms with Crippen LogP contribution < -0.4 is 14.8 Å². The number of likely N-dealkylation sites (tertiary alicyclic amines) is 1. The van der Waals surface area contributed by atoms with E-state index < -0.39 is 6.09 Å². The topological polar surface area (TPSA) is 105 Å². The summed E-state index contributed by atoms with van der Waals surface area (Å²) in [6.45, 7) is 0.770. The Morgan fingerprint density at radius 2 is 1.69 bits per heavy atom. The number of carboxylic acid groups (broad SMARTS) is 1. The number of carbonyl (C=O) groups excluding carboxylic acids is 2. The summed E-state index contributed by atoms with van der Waals surface area (Å²) in [5.74, 6) is -0.0340. The second-order valence-electron chi connectivity index (χ2n) is 6.16. The van der Waals surface area contributed by atoms with E-state index in [0.717, 1.165) is 0 Å². The number of benzene rings is 1. The zero-order chi connectivity index (χ0) is 18.8. The van der Waals surface area contributed by atoms with Gasteiger partial charge >= 0.3 is 6.09 Å². The van der Waals surface area contributed by atoms with Crippen molar-refractivity contribution in [3.63, 3.8) is 0 Å². The summed E-state index contributed by atoms with van der Waals surface area (Å²) in [6.07, 6.45) is 1.45. The molecule has 0 atom stereocenters. The molecule has 0 unspecified atom stereocenters. The number of ether oxygens (including phenoxy) is 2. The van der Waals surface area contributed by atoms with Gasteiger partial charge in [0.25, 0.3) is 0 Å². The number of nitrogens with one attached hydrogen (secondary N) is 1. The SMILES string of the molecule is COc1ccc(OC)c2c1C(=O)C=C(NC1CCN(C(=O)O)CC1)C2=O. The second-order valence-corrected chi connectivity index (χ2v) is 6.16. The molecule has 2 aliphatic rings. The van der Waals surface area contributed by atoms with Crippen molar-refractivity contribution < 1.29 is 29.0 Å². The van der Waals surface area contributed by atoms with Gasteiger partial charge in [-0.05, 0) is 25.0 Å². The monoisotopic (exact) mass is 360 g/mol. The average molecular weight is 360 g/mol. The quantitative estimate of drug-likeness (QED) is 0.842. The number of nitrogens with zero attached hydrogens (tertiary/aromatic N) is 1. The fourth-order valence-corrected chi connectivity index (χ4v) is 3.32. The molecule has 1 saturated heterocycles. The van der Waals surface area contributed by atoms with Gasteiger partial charge in [0.05, 0.1) is 31.0 Å². The molecule has 1 aliphatic heterocycles. The molecule has 0 bridgehead atoms. The fraction of sp³-hybridized carbons (Fsp3) is 0.389. The van der Waals surface area contributed by atoms with Gasteiger partial charge in [-0.25, -0.2) is 4.79 Å². The highest BCUT2D eigenvalue weighted by atomic mass is 16.5. The molecule has 1 fully saturated rings. The minimum absolute atomic E-state index is 0.0771. The lowest BCUT2D eigenvalue weighted by molar-refractivity contribution is 0.0966. The van der Waals surface area contributed by atoms with Crippen LogP contribution in [0.4, 0.5) is 4.79 Å². The number of fused-ring (bicyclic) bond motifs is 1. The van der Waals surface area contributed by atoms with Crippen molar-refractivity contribution >= 4 is 17.7 Å². The first-order valence-electron chi connectivity index (χ1n) is 8.26. The number of ketones is 2. The molecule has 0 spiro atoms. The summed E-state index contributed by atoms with van der Waals surface area (Å²) in [5, 5.41) is 12.1. The van der Waals surface area contributed by atoms with Crippen molar-refractivity contribution in [1.29, 1.82) is 0 Å². The smallest absolute Gasteiger partial charge is 0.407 e. The van der Waals surface area contributed by atoms with Crippen LogP contribution >= 0.6 is 0 Å². The third kappa shape index (κ3) is 3.10. The molecular formula is C18H20N2O6. The molecule has 8 nitrogen and oxygen atoms in total. The standard InChI is InChI=1S/C18H20N2O6/c1-25-13-3-4-14(26-2)16-15(13)12(21)9-11(17(16)22)19-10-5-7-20(8-6-10)18(23)24/h3-4,9-10,19H,5-8H2,1-2H3,(H,23,24). The molecule has 138 valence electrons. The lowest BCUT2D eigenvalue weighted by atomic mass is 9.90. The average Bonchev–Trinajstić information content (AvgIpc) is 2.65. The highest BCUT2D eigenvalue weighted by molar-refractivity contribution is 6.26. The van der Waals surface area contributed by atoms with Crippen LogP contribution in [0.2, 0.25) is 0 Å². The number of hydrogen-bond donors (Lipinski definition) is 2. The molecule has 0 radical (unpaired) electrons. The molecule has 1 aromatic rings. The summed E-state index contributed by atoms with van der Waals surface area (Å²) in [4.78, 5) is 37.8. The molecule has 26 heavy (non-hydrogen) atoms. The van der Waals surface area contributed by atoms with E-state index in [2.05, 4.69) is 5.32 Å². The Morgan fingerprint density at radius 3 is 2.23 bits per heavy atom. The van der Waals surface area contributed by atoms with Crippen LogP contribution in [0.5, 0.6) is 11.5 Å². The maximum Gasteiger partial charge on any atom is 0.407 e. The lowest BCUT2D eigenvalue weighted by Crippen LogP contribution is -2.45. The molecule has 3 rings (SSSR count). The lowest BCUT2D eigenvalue weighted by Gasteiger charge is -2.32. The highest BCUT2D eigenvalue weighted by Crippen LogP contribution is 2.35. The Bertz CT molecular complexity index is 793. The third-order valence-corrected chi connectivity index (χ3v) is 4.69.